The Morgan fingerprint density at radius 1 is 1.18 bits per heavy atom. The van der Waals surface area contributed by atoms with Gasteiger partial charge in [0, 0.05) is 10.7 Å². The zero-order valence-corrected chi connectivity index (χ0v) is 12.6. The number of hydrazone groups is 1. The molecule has 2 rings (SSSR count). The molecule has 114 valence electrons. The van der Waals surface area contributed by atoms with Crippen LogP contribution in [-0.4, -0.2) is 18.2 Å². The number of carbonyl (C=O) groups is 1. The third kappa shape index (κ3) is 4.86. The van der Waals surface area contributed by atoms with Gasteiger partial charge in [0.1, 0.15) is 11.9 Å². The van der Waals surface area contributed by atoms with E-state index >= 15 is 0 Å². The predicted molar refractivity (Wildman–Crippen MR) is 86.7 cm³/mol. The van der Waals surface area contributed by atoms with Crippen LogP contribution < -0.4 is 10.7 Å². The molecule has 0 heterocycles. The molecule has 0 aliphatic carbocycles. The maximum Gasteiger partial charge on any atom is 0.262 e. The number of halogens is 2. The first kappa shape index (κ1) is 16.0. The van der Waals surface area contributed by atoms with Gasteiger partial charge in [0.25, 0.3) is 5.91 Å². The van der Waals surface area contributed by atoms with Crippen LogP contribution >= 0.6 is 11.6 Å². The third-order valence-corrected chi connectivity index (χ3v) is 3.13. The lowest BCUT2D eigenvalue weighted by Crippen LogP contribution is -2.34. The average molecular weight is 320 g/mol. The van der Waals surface area contributed by atoms with Crippen molar-refractivity contribution in [3.8, 4) is 0 Å². The Morgan fingerprint density at radius 3 is 2.45 bits per heavy atom. The maximum atomic E-state index is 12.7. The van der Waals surface area contributed by atoms with E-state index in [2.05, 4.69) is 15.8 Å². The molecule has 0 saturated carbocycles. The lowest BCUT2D eigenvalue weighted by molar-refractivity contribution is -0.121. The zero-order chi connectivity index (χ0) is 15.9. The second-order valence-electron chi connectivity index (χ2n) is 4.66. The maximum absolute atomic E-state index is 12.7. The molecular weight excluding hydrogens is 305 g/mol. The minimum absolute atomic E-state index is 0.284. The Balaban J connectivity index is 1.85. The summed E-state index contributed by atoms with van der Waals surface area (Å²) >= 11 is 5.80. The van der Waals surface area contributed by atoms with Crippen LogP contribution in [0, 0.1) is 5.82 Å². The Morgan fingerprint density at radius 2 is 1.82 bits per heavy atom. The molecule has 0 bridgehead atoms. The number of hydrogen-bond donors (Lipinski definition) is 2. The predicted octanol–water partition coefficient (Wildman–Crippen LogP) is 3.43. The summed E-state index contributed by atoms with van der Waals surface area (Å²) in [6.45, 7) is 1.72. The second-order valence-corrected chi connectivity index (χ2v) is 5.10. The summed E-state index contributed by atoms with van der Waals surface area (Å²) in [4.78, 5) is 11.9. The highest BCUT2D eigenvalue weighted by Crippen LogP contribution is 2.14. The molecule has 0 aromatic heterocycles. The first-order valence-corrected chi connectivity index (χ1v) is 7.03. The van der Waals surface area contributed by atoms with Crippen molar-refractivity contribution < 1.29 is 9.18 Å². The molecular formula is C16H15ClFN3O. The molecule has 4 nitrogen and oxygen atoms in total. The van der Waals surface area contributed by atoms with E-state index in [1.807, 2.05) is 0 Å². The molecule has 0 spiro atoms. The van der Waals surface area contributed by atoms with Gasteiger partial charge in [-0.2, -0.15) is 5.10 Å². The van der Waals surface area contributed by atoms with Crippen LogP contribution in [0.15, 0.2) is 53.6 Å². The van der Waals surface area contributed by atoms with E-state index in [0.717, 1.165) is 5.69 Å². The largest absolute Gasteiger partial charge is 0.374 e. The van der Waals surface area contributed by atoms with Gasteiger partial charge in [-0.05, 0) is 48.9 Å². The molecule has 22 heavy (non-hydrogen) atoms. The second kappa shape index (κ2) is 7.56. The van der Waals surface area contributed by atoms with E-state index in [4.69, 9.17) is 11.6 Å². The molecule has 1 atom stereocenters. The van der Waals surface area contributed by atoms with Gasteiger partial charge in [0.05, 0.1) is 6.21 Å². The fraction of sp³-hybridized carbons (Fsp3) is 0.125. The minimum atomic E-state index is -0.466. The van der Waals surface area contributed by atoms with Crippen molar-refractivity contribution in [3.63, 3.8) is 0 Å². The number of hydrogen-bond acceptors (Lipinski definition) is 3. The number of amides is 1. The molecule has 0 fully saturated rings. The van der Waals surface area contributed by atoms with Crippen LogP contribution in [0.25, 0.3) is 0 Å². The number of nitrogens with one attached hydrogen (secondary N) is 2. The lowest BCUT2D eigenvalue weighted by Gasteiger charge is -2.13. The molecule has 0 aliphatic rings. The Hall–Kier alpha value is -2.40. The lowest BCUT2D eigenvalue weighted by atomic mass is 10.2. The van der Waals surface area contributed by atoms with Crippen molar-refractivity contribution >= 4 is 29.4 Å². The molecule has 2 N–H and O–H groups in total. The van der Waals surface area contributed by atoms with Gasteiger partial charge in [-0.25, -0.2) is 9.82 Å². The van der Waals surface area contributed by atoms with Gasteiger partial charge < -0.3 is 5.32 Å². The minimum Gasteiger partial charge on any atom is -0.374 e. The van der Waals surface area contributed by atoms with E-state index in [-0.39, 0.29) is 11.7 Å². The summed E-state index contributed by atoms with van der Waals surface area (Å²) in [6.07, 6.45) is 1.45. The third-order valence-electron chi connectivity index (χ3n) is 2.88. The highest BCUT2D eigenvalue weighted by atomic mass is 35.5. The topological polar surface area (TPSA) is 53.5 Å². The number of anilines is 1. The molecule has 2 aromatic rings. The summed E-state index contributed by atoms with van der Waals surface area (Å²) < 4.78 is 12.7. The summed E-state index contributed by atoms with van der Waals surface area (Å²) in [5.41, 5.74) is 3.91. The van der Waals surface area contributed by atoms with Crippen LogP contribution in [0.3, 0.4) is 0 Å². The van der Waals surface area contributed by atoms with E-state index in [0.29, 0.717) is 10.6 Å². The number of carbonyl (C=O) groups excluding carboxylic acids is 1. The Kier molecular flexibility index (Phi) is 5.49. The number of nitrogens with zero attached hydrogens (tertiary/aromatic N) is 1. The van der Waals surface area contributed by atoms with Gasteiger partial charge in [-0.15, -0.1) is 0 Å². The standard InChI is InChI=1S/C16H15ClFN3O/c1-11(20-15-8-4-13(17)5-9-15)16(22)21-19-10-12-2-6-14(18)7-3-12/h2-11,20H,1H3,(H,21,22)/b19-10+. The van der Waals surface area contributed by atoms with Gasteiger partial charge in [-0.1, -0.05) is 23.7 Å². The van der Waals surface area contributed by atoms with Gasteiger partial charge in [0.2, 0.25) is 0 Å². The van der Waals surface area contributed by atoms with Crippen molar-refractivity contribution in [2.45, 2.75) is 13.0 Å². The van der Waals surface area contributed by atoms with E-state index in [1.165, 1.54) is 18.3 Å². The molecule has 1 unspecified atom stereocenters. The van der Waals surface area contributed by atoms with E-state index in [9.17, 15) is 9.18 Å². The van der Waals surface area contributed by atoms with Crippen molar-refractivity contribution in [1.29, 1.82) is 0 Å². The van der Waals surface area contributed by atoms with Crippen molar-refractivity contribution in [2.24, 2.45) is 5.10 Å². The van der Waals surface area contributed by atoms with Gasteiger partial charge in [0.15, 0.2) is 0 Å². The molecule has 0 saturated heterocycles. The quantitative estimate of drug-likeness (QED) is 0.655. The number of rotatable bonds is 5. The average Bonchev–Trinajstić information content (AvgIpc) is 2.51. The summed E-state index contributed by atoms with van der Waals surface area (Å²) in [5, 5.41) is 7.50. The fourth-order valence-electron chi connectivity index (χ4n) is 1.68. The first-order valence-electron chi connectivity index (χ1n) is 6.65. The van der Waals surface area contributed by atoms with Crippen LogP contribution in [0.1, 0.15) is 12.5 Å². The zero-order valence-electron chi connectivity index (χ0n) is 11.9. The smallest absolute Gasteiger partial charge is 0.262 e. The van der Waals surface area contributed by atoms with Crippen molar-refractivity contribution in [2.75, 3.05) is 5.32 Å². The van der Waals surface area contributed by atoms with E-state index < -0.39 is 6.04 Å². The normalized spacial score (nSPS) is 12.1. The molecule has 1 amide bonds. The molecule has 6 heteroatoms. The van der Waals surface area contributed by atoms with Gasteiger partial charge in [-0.3, -0.25) is 4.79 Å². The summed E-state index contributed by atoms with van der Waals surface area (Å²) in [7, 11) is 0. The van der Waals surface area contributed by atoms with Crippen LogP contribution in [-0.2, 0) is 4.79 Å². The van der Waals surface area contributed by atoms with E-state index in [1.54, 1.807) is 43.3 Å². The van der Waals surface area contributed by atoms with Crippen molar-refractivity contribution in [3.05, 3.63) is 64.9 Å². The summed E-state index contributed by atoms with van der Waals surface area (Å²) in [6, 6.07) is 12.4. The van der Waals surface area contributed by atoms with Gasteiger partial charge >= 0.3 is 0 Å². The fourth-order valence-corrected chi connectivity index (χ4v) is 1.80. The monoisotopic (exact) mass is 319 g/mol. The summed E-state index contributed by atoms with van der Waals surface area (Å²) in [5.74, 6) is -0.602. The molecule has 0 radical (unpaired) electrons. The molecule has 0 aliphatic heterocycles. The van der Waals surface area contributed by atoms with Crippen molar-refractivity contribution in [1.82, 2.24) is 5.43 Å². The Bertz CT molecular complexity index is 656. The number of benzene rings is 2. The Labute approximate surface area is 133 Å². The SMILES string of the molecule is CC(Nc1ccc(Cl)cc1)C(=O)N/N=C/c1ccc(F)cc1. The highest BCUT2D eigenvalue weighted by molar-refractivity contribution is 6.30. The van der Waals surface area contributed by atoms with Crippen LogP contribution in [0.4, 0.5) is 10.1 Å². The van der Waals surface area contributed by atoms with Crippen LogP contribution in [0.2, 0.25) is 5.02 Å². The molecule has 2 aromatic carbocycles. The first-order chi connectivity index (χ1) is 10.5. The highest BCUT2D eigenvalue weighted by Gasteiger charge is 2.11. The van der Waals surface area contributed by atoms with Crippen LogP contribution in [0.5, 0.6) is 0 Å².